The van der Waals surface area contributed by atoms with Crippen molar-refractivity contribution in [1.82, 2.24) is 10.4 Å². The van der Waals surface area contributed by atoms with E-state index in [-0.39, 0.29) is 0 Å². The highest BCUT2D eigenvalue weighted by Crippen LogP contribution is 2.15. The van der Waals surface area contributed by atoms with E-state index < -0.39 is 0 Å². The summed E-state index contributed by atoms with van der Waals surface area (Å²) in [5, 5.41) is 5.45. The van der Waals surface area contributed by atoms with Crippen LogP contribution in [0.25, 0.3) is 10.9 Å². The fraction of sp³-hybridized carbons (Fsp3) is 0.0625. The van der Waals surface area contributed by atoms with Gasteiger partial charge in [0, 0.05) is 22.7 Å². The Morgan fingerprint density at radius 1 is 1.00 bits per heavy atom. The lowest BCUT2D eigenvalue weighted by Crippen LogP contribution is -2.05. The summed E-state index contributed by atoms with van der Waals surface area (Å²) in [6, 6.07) is 18.4. The second kappa shape index (κ2) is 5.40. The van der Waals surface area contributed by atoms with Gasteiger partial charge in [-0.3, -0.25) is 0 Å². The van der Waals surface area contributed by atoms with Gasteiger partial charge < -0.3 is 10.4 Å². The van der Waals surface area contributed by atoms with Crippen LogP contribution in [0.2, 0.25) is 0 Å². The number of hydrogen-bond donors (Lipinski definition) is 2. The number of aromatic amines is 1. The van der Waals surface area contributed by atoms with Gasteiger partial charge >= 0.3 is 0 Å². The second-order valence-corrected chi connectivity index (χ2v) is 4.37. The standard InChI is InChI=1S/C16H15N3/c1-2-6-13(7-3-1)10-18-19-12-14-11-17-16-9-5-4-8-15(14)16/h1-9,11-12,17-18H,10H2. The molecule has 0 atom stereocenters. The summed E-state index contributed by atoms with van der Waals surface area (Å²) in [5.74, 6) is 0. The predicted molar refractivity (Wildman–Crippen MR) is 79.2 cm³/mol. The summed E-state index contributed by atoms with van der Waals surface area (Å²) < 4.78 is 0. The maximum absolute atomic E-state index is 4.26. The third-order valence-corrected chi connectivity index (χ3v) is 3.04. The third kappa shape index (κ3) is 2.65. The molecule has 0 saturated carbocycles. The zero-order valence-electron chi connectivity index (χ0n) is 10.5. The van der Waals surface area contributed by atoms with E-state index in [1.54, 1.807) is 0 Å². The molecule has 0 amide bonds. The highest BCUT2D eigenvalue weighted by atomic mass is 15.3. The average Bonchev–Trinajstić information content (AvgIpc) is 2.88. The van der Waals surface area contributed by atoms with E-state index in [0.29, 0.717) is 0 Å². The van der Waals surface area contributed by atoms with Gasteiger partial charge in [-0.05, 0) is 11.6 Å². The molecule has 0 aliphatic carbocycles. The Morgan fingerprint density at radius 3 is 2.68 bits per heavy atom. The largest absolute Gasteiger partial charge is 0.361 e. The maximum atomic E-state index is 4.26. The SMILES string of the molecule is C(=NNCc1ccccc1)c1c[nH]c2ccccc12. The molecule has 0 radical (unpaired) electrons. The molecule has 0 spiro atoms. The third-order valence-electron chi connectivity index (χ3n) is 3.04. The summed E-state index contributed by atoms with van der Waals surface area (Å²) >= 11 is 0. The molecular formula is C16H15N3. The van der Waals surface area contributed by atoms with Crippen molar-refractivity contribution in [3.63, 3.8) is 0 Å². The molecule has 94 valence electrons. The van der Waals surface area contributed by atoms with Crippen LogP contribution in [-0.4, -0.2) is 11.2 Å². The molecule has 2 aromatic carbocycles. The van der Waals surface area contributed by atoms with Gasteiger partial charge in [0.2, 0.25) is 0 Å². The Bertz CT molecular complexity index is 683. The highest BCUT2D eigenvalue weighted by molar-refractivity contribution is 5.98. The number of hydrogen-bond acceptors (Lipinski definition) is 2. The first-order valence-corrected chi connectivity index (χ1v) is 6.29. The monoisotopic (exact) mass is 249 g/mol. The van der Waals surface area contributed by atoms with Crippen molar-refractivity contribution >= 4 is 17.1 Å². The number of nitrogens with zero attached hydrogens (tertiary/aromatic N) is 1. The molecule has 2 N–H and O–H groups in total. The Morgan fingerprint density at radius 2 is 1.79 bits per heavy atom. The van der Waals surface area contributed by atoms with Crippen molar-refractivity contribution in [1.29, 1.82) is 0 Å². The molecule has 1 heterocycles. The first kappa shape index (κ1) is 11.5. The molecule has 3 nitrogen and oxygen atoms in total. The summed E-state index contributed by atoms with van der Waals surface area (Å²) in [5.41, 5.74) is 6.51. The van der Waals surface area contributed by atoms with E-state index >= 15 is 0 Å². The molecule has 3 heteroatoms. The summed E-state index contributed by atoms with van der Waals surface area (Å²) in [6.07, 6.45) is 3.82. The van der Waals surface area contributed by atoms with Crippen molar-refractivity contribution in [2.75, 3.05) is 0 Å². The number of rotatable bonds is 4. The summed E-state index contributed by atoms with van der Waals surface area (Å²) in [6.45, 7) is 0.736. The molecule has 3 aromatic rings. The van der Waals surface area contributed by atoms with Gasteiger partial charge in [0.25, 0.3) is 0 Å². The average molecular weight is 249 g/mol. The normalized spacial score (nSPS) is 11.2. The Kier molecular flexibility index (Phi) is 3.28. The van der Waals surface area contributed by atoms with Gasteiger partial charge in [-0.2, -0.15) is 5.10 Å². The lowest BCUT2D eigenvalue weighted by Gasteiger charge is -1.99. The lowest BCUT2D eigenvalue weighted by molar-refractivity contribution is 0.748. The van der Waals surface area contributed by atoms with Gasteiger partial charge in [0.05, 0.1) is 12.8 Å². The number of aromatic nitrogens is 1. The van der Waals surface area contributed by atoms with E-state index in [9.17, 15) is 0 Å². The van der Waals surface area contributed by atoms with Crippen LogP contribution in [0.4, 0.5) is 0 Å². The van der Waals surface area contributed by atoms with Crippen molar-refractivity contribution in [2.45, 2.75) is 6.54 Å². The molecular weight excluding hydrogens is 234 g/mol. The van der Waals surface area contributed by atoms with Crippen LogP contribution in [0, 0.1) is 0 Å². The molecule has 0 unspecified atom stereocenters. The van der Waals surface area contributed by atoms with Crippen molar-refractivity contribution < 1.29 is 0 Å². The van der Waals surface area contributed by atoms with Crippen molar-refractivity contribution in [3.8, 4) is 0 Å². The number of nitrogens with one attached hydrogen (secondary N) is 2. The van der Waals surface area contributed by atoms with Gasteiger partial charge in [-0.25, -0.2) is 0 Å². The quantitative estimate of drug-likeness (QED) is 0.540. The summed E-state index contributed by atoms with van der Waals surface area (Å²) in [7, 11) is 0. The topological polar surface area (TPSA) is 40.2 Å². The number of fused-ring (bicyclic) bond motifs is 1. The minimum absolute atomic E-state index is 0.736. The van der Waals surface area contributed by atoms with E-state index in [1.165, 1.54) is 10.9 Å². The molecule has 0 aliphatic heterocycles. The number of para-hydroxylation sites is 1. The minimum Gasteiger partial charge on any atom is -0.361 e. The van der Waals surface area contributed by atoms with Crippen LogP contribution in [0.15, 0.2) is 65.9 Å². The van der Waals surface area contributed by atoms with Gasteiger partial charge in [-0.15, -0.1) is 0 Å². The molecule has 3 rings (SSSR count). The van der Waals surface area contributed by atoms with Crippen LogP contribution in [0.5, 0.6) is 0 Å². The fourth-order valence-corrected chi connectivity index (χ4v) is 2.05. The molecule has 1 aromatic heterocycles. The van der Waals surface area contributed by atoms with E-state index in [1.807, 2.05) is 42.7 Å². The fourth-order valence-electron chi connectivity index (χ4n) is 2.05. The Labute approximate surface area is 112 Å². The van der Waals surface area contributed by atoms with E-state index in [4.69, 9.17) is 0 Å². The van der Waals surface area contributed by atoms with Crippen LogP contribution in [0.1, 0.15) is 11.1 Å². The molecule has 0 saturated heterocycles. The zero-order chi connectivity index (χ0) is 12.9. The first-order chi connectivity index (χ1) is 9.43. The minimum atomic E-state index is 0.736. The van der Waals surface area contributed by atoms with Crippen LogP contribution in [-0.2, 0) is 6.54 Å². The van der Waals surface area contributed by atoms with Gasteiger partial charge in [0.1, 0.15) is 0 Å². The lowest BCUT2D eigenvalue weighted by atomic mass is 10.2. The highest BCUT2D eigenvalue weighted by Gasteiger charge is 1.98. The maximum Gasteiger partial charge on any atom is 0.0580 e. The Hall–Kier alpha value is -2.55. The van der Waals surface area contributed by atoms with Crippen LogP contribution < -0.4 is 5.43 Å². The number of H-pyrrole nitrogens is 1. The summed E-state index contributed by atoms with van der Waals surface area (Å²) in [4.78, 5) is 3.23. The second-order valence-electron chi connectivity index (χ2n) is 4.37. The molecule has 0 aliphatic rings. The smallest absolute Gasteiger partial charge is 0.0580 e. The first-order valence-electron chi connectivity index (χ1n) is 6.29. The zero-order valence-corrected chi connectivity index (χ0v) is 10.5. The van der Waals surface area contributed by atoms with E-state index in [0.717, 1.165) is 17.6 Å². The van der Waals surface area contributed by atoms with Crippen LogP contribution in [0.3, 0.4) is 0 Å². The Balaban J connectivity index is 1.67. The predicted octanol–water partition coefficient (Wildman–Crippen LogP) is 3.29. The van der Waals surface area contributed by atoms with Gasteiger partial charge in [-0.1, -0.05) is 48.5 Å². The van der Waals surface area contributed by atoms with Crippen molar-refractivity contribution in [3.05, 3.63) is 71.9 Å². The molecule has 19 heavy (non-hydrogen) atoms. The number of benzene rings is 2. The molecule has 0 bridgehead atoms. The number of hydrazone groups is 1. The van der Waals surface area contributed by atoms with Crippen molar-refractivity contribution in [2.24, 2.45) is 5.10 Å². The van der Waals surface area contributed by atoms with Crippen LogP contribution >= 0.6 is 0 Å². The van der Waals surface area contributed by atoms with E-state index in [2.05, 4.69) is 39.8 Å². The van der Waals surface area contributed by atoms with Gasteiger partial charge in [0.15, 0.2) is 0 Å². The molecule has 0 fully saturated rings.